The SMILES string of the molecule is C=C(C)CN(C)S(=O)(=O)c1cnc(Cl)c(Cl)c1. The Labute approximate surface area is 111 Å². The molecule has 4 nitrogen and oxygen atoms in total. The van der Waals surface area contributed by atoms with Crippen molar-refractivity contribution in [2.24, 2.45) is 0 Å². The molecule has 0 aromatic carbocycles. The van der Waals surface area contributed by atoms with E-state index in [1.165, 1.54) is 23.6 Å². The van der Waals surface area contributed by atoms with Crippen molar-refractivity contribution in [2.45, 2.75) is 11.8 Å². The van der Waals surface area contributed by atoms with Gasteiger partial charge >= 0.3 is 0 Å². The molecule has 1 rings (SSSR count). The van der Waals surface area contributed by atoms with Gasteiger partial charge in [-0.3, -0.25) is 0 Å². The molecule has 0 amide bonds. The normalized spacial score (nSPS) is 11.8. The number of hydrogen-bond donors (Lipinski definition) is 0. The zero-order valence-corrected chi connectivity index (χ0v) is 11.8. The lowest BCUT2D eigenvalue weighted by molar-refractivity contribution is 0.493. The molecule has 0 atom stereocenters. The number of aromatic nitrogens is 1. The van der Waals surface area contributed by atoms with Crippen LogP contribution >= 0.6 is 23.2 Å². The average Bonchev–Trinajstić information content (AvgIpc) is 2.20. The number of halogens is 2. The minimum absolute atomic E-state index is 0.00986. The fourth-order valence-corrected chi connectivity index (χ4v) is 2.73. The van der Waals surface area contributed by atoms with Crippen LogP contribution in [0.4, 0.5) is 0 Å². The highest BCUT2D eigenvalue weighted by Crippen LogP contribution is 2.23. The molecule has 0 aliphatic rings. The summed E-state index contributed by atoms with van der Waals surface area (Å²) in [5.41, 5.74) is 0.740. The summed E-state index contributed by atoms with van der Waals surface area (Å²) < 4.78 is 25.3. The van der Waals surface area contributed by atoms with E-state index in [9.17, 15) is 8.42 Å². The summed E-state index contributed by atoms with van der Waals surface area (Å²) in [4.78, 5) is 3.72. The maximum Gasteiger partial charge on any atom is 0.244 e. The first-order chi connectivity index (χ1) is 7.75. The molecule has 17 heavy (non-hydrogen) atoms. The molecule has 7 heteroatoms. The molecule has 1 aromatic heterocycles. The van der Waals surface area contributed by atoms with E-state index < -0.39 is 10.0 Å². The van der Waals surface area contributed by atoms with Crippen LogP contribution in [0.3, 0.4) is 0 Å². The average molecular weight is 295 g/mol. The van der Waals surface area contributed by atoms with Crippen molar-refractivity contribution in [1.29, 1.82) is 0 Å². The Morgan fingerprint density at radius 3 is 2.59 bits per heavy atom. The van der Waals surface area contributed by atoms with Gasteiger partial charge in [-0.05, 0) is 13.0 Å². The zero-order valence-electron chi connectivity index (χ0n) is 9.44. The molecule has 0 aliphatic carbocycles. The van der Waals surface area contributed by atoms with Crippen molar-refractivity contribution >= 4 is 33.2 Å². The van der Waals surface area contributed by atoms with E-state index in [2.05, 4.69) is 11.6 Å². The Morgan fingerprint density at radius 2 is 2.12 bits per heavy atom. The van der Waals surface area contributed by atoms with Gasteiger partial charge in [0.1, 0.15) is 10.0 Å². The second kappa shape index (κ2) is 5.35. The van der Waals surface area contributed by atoms with Crippen LogP contribution in [0.2, 0.25) is 10.2 Å². The van der Waals surface area contributed by atoms with Crippen LogP contribution < -0.4 is 0 Å². The Morgan fingerprint density at radius 1 is 1.53 bits per heavy atom. The van der Waals surface area contributed by atoms with Gasteiger partial charge in [0, 0.05) is 19.8 Å². The van der Waals surface area contributed by atoms with Gasteiger partial charge in [0.25, 0.3) is 0 Å². The summed E-state index contributed by atoms with van der Waals surface area (Å²) in [6.45, 7) is 5.65. The first kappa shape index (κ1) is 14.4. The largest absolute Gasteiger partial charge is 0.244 e. The third kappa shape index (κ3) is 3.42. The Bertz CT molecular complexity index is 543. The summed E-state index contributed by atoms with van der Waals surface area (Å²) >= 11 is 11.4. The molecule has 1 heterocycles. The van der Waals surface area contributed by atoms with E-state index >= 15 is 0 Å². The summed E-state index contributed by atoms with van der Waals surface area (Å²) in [6.07, 6.45) is 1.18. The monoisotopic (exact) mass is 294 g/mol. The molecule has 0 radical (unpaired) electrons. The number of nitrogens with zero attached hydrogens (tertiary/aromatic N) is 2. The van der Waals surface area contributed by atoms with E-state index in [-0.39, 0.29) is 21.6 Å². The molecular formula is C10H12Cl2N2O2S. The lowest BCUT2D eigenvalue weighted by Crippen LogP contribution is -2.28. The van der Waals surface area contributed by atoms with Crippen LogP contribution in [0, 0.1) is 0 Å². The summed E-state index contributed by atoms with van der Waals surface area (Å²) in [5.74, 6) is 0. The maximum atomic E-state index is 12.1. The van der Waals surface area contributed by atoms with Gasteiger partial charge < -0.3 is 0 Å². The van der Waals surface area contributed by atoms with Gasteiger partial charge in [-0.2, -0.15) is 4.31 Å². The fourth-order valence-electron chi connectivity index (χ4n) is 1.19. The Kier molecular flexibility index (Phi) is 4.55. The van der Waals surface area contributed by atoms with Gasteiger partial charge in [-0.15, -0.1) is 0 Å². The molecule has 94 valence electrons. The summed E-state index contributed by atoms with van der Waals surface area (Å²) in [7, 11) is -2.14. The number of hydrogen-bond acceptors (Lipinski definition) is 3. The van der Waals surface area contributed by atoms with Crippen molar-refractivity contribution in [3.8, 4) is 0 Å². The lowest BCUT2D eigenvalue weighted by atomic mass is 10.4. The zero-order chi connectivity index (χ0) is 13.2. The highest BCUT2D eigenvalue weighted by molar-refractivity contribution is 7.89. The number of pyridine rings is 1. The molecule has 0 saturated heterocycles. The van der Waals surface area contributed by atoms with Crippen molar-refractivity contribution in [1.82, 2.24) is 9.29 Å². The van der Waals surface area contributed by atoms with Gasteiger partial charge in [0.15, 0.2) is 0 Å². The van der Waals surface area contributed by atoms with E-state index in [0.717, 1.165) is 5.57 Å². The molecule has 0 aliphatic heterocycles. The van der Waals surface area contributed by atoms with Crippen LogP contribution in [0.25, 0.3) is 0 Å². The van der Waals surface area contributed by atoms with Crippen LogP contribution in [-0.4, -0.2) is 31.3 Å². The minimum atomic E-state index is -3.61. The smallest absolute Gasteiger partial charge is 0.242 e. The maximum absolute atomic E-state index is 12.1. The predicted octanol–water partition coefficient (Wildman–Crippen LogP) is 2.59. The van der Waals surface area contributed by atoms with E-state index in [1.807, 2.05) is 0 Å². The van der Waals surface area contributed by atoms with Crippen LogP contribution in [0.15, 0.2) is 29.3 Å². The summed E-state index contributed by atoms with van der Waals surface area (Å²) in [6, 6.07) is 1.28. The van der Waals surface area contributed by atoms with E-state index in [1.54, 1.807) is 6.92 Å². The molecule has 1 aromatic rings. The Balaban J connectivity index is 3.13. The standard InChI is InChI=1S/C10H12Cl2N2O2S/c1-7(2)6-14(3)17(15,16)8-4-9(11)10(12)13-5-8/h4-5H,1,6H2,2-3H3. The second-order valence-electron chi connectivity index (χ2n) is 3.66. The van der Waals surface area contributed by atoms with Gasteiger partial charge in [-0.25, -0.2) is 13.4 Å². The van der Waals surface area contributed by atoms with Crippen LogP contribution in [-0.2, 0) is 10.0 Å². The van der Waals surface area contributed by atoms with Crippen molar-refractivity contribution in [3.05, 3.63) is 34.6 Å². The van der Waals surface area contributed by atoms with Gasteiger partial charge in [-0.1, -0.05) is 35.4 Å². The molecule has 0 saturated carbocycles. The molecule has 0 spiro atoms. The van der Waals surface area contributed by atoms with Crippen LogP contribution in [0.5, 0.6) is 0 Å². The topological polar surface area (TPSA) is 50.3 Å². The van der Waals surface area contributed by atoms with Crippen molar-refractivity contribution in [2.75, 3.05) is 13.6 Å². The van der Waals surface area contributed by atoms with E-state index in [0.29, 0.717) is 0 Å². The first-order valence-electron chi connectivity index (χ1n) is 4.67. The first-order valence-corrected chi connectivity index (χ1v) is 6.86. The highest BCUT2D eigenvalue weighted by atomic mass is 35.5. The molecule has 0 unspecified atom stereocenters. The van der Waals surface area contributed by atoms with Gasteiger partial charge in [0.05, 0.1) is 5.02 Å². The predicted molar refractivity (Wildman–Crippen MR) is 68.9 cm³/mol. The lowest BCUT2D eigenvalue weighted by Gasteiger charge is -2.17. The summed E-state index contributed by atoms with van der Waals surface area (Å²) in [5, 5.41) is 0.185. The molecule has 0 fully saturated rings. The van der Waals surface area contributed by atoms with E-state index in [4.69, 9.17) is 23.2 Å². The van der Waals surface area contributed by atoms with Crippen molar-refractivity contribution < 1.29 is 8.42 Å². The third-order valence-corrected chi connectivity index (χ3v) is 4.43. The number of rotatable bonds is 4. The molecule has 0 N–H and O–H groups in total. The number of sulfonamides is 1. The van der Waals surface area contributed by atoms with Crippen molar-refractivity contribution in [3.63, 3.8) is 0 Å². The van der Waals surface area contributed by atoms with Crippen LogP contribution in [0.1, 0.15) is 6.92 Å². The molecular weight excluding hydrogens is 283 g/mol. The third-order valence-electron chi connectivity index (χ3n) is 1.97. The Hall–Kier alpha value is -0.620. The highest BCUT2D eigenvalue weighted by Gasteiger charge is 2.21. The number of likely N-dealkylation sites (N-methyl/N-ethyl adjacent to an activating group) is 1. The second-order valence-corrected chi connectivity index (χ2v) is 6.47. The minimum Gasteiger partial charge on any atom is -0.242 e. The molecule has 0 bridgehead atoms. The quantitative estimate of drug-likeness (QED) is 0.633. The fraction of sp³-hybridized carbons (Fsp3) is 0.300. The van der Waals surface area contributed by atoms with Gasteiger partial charge in [0.2, 0.25) is 10.0 Å².